The summed E-state index contributed by atoms with van der Waals surface area (Å²) >= 11 is 6.32. The molecule has 9 heteroatoms. The van der Waals surface area contributed by atoms with E-state index in [-0.39, 0.29) is 36.8 Å². The van der Waals surface area contributed by atoms with Crippen LogP contribution in [0.25, 0.3) is 0 Å². The fourth-order valence-corrected chi connectivity index (χ4v) is 4.20. The average molecular weight is 476 g/mol. The maximum absolute atomic E-state index is 13.3. The molecule has 1 aromatic heterocycles. The van der Waals surface area contributed by atoms with Gasteiger partial charge in [-0.3, -0.25) is 14.5 Å². The standard InChI is InChI=1S/C24H30ClN3O5/c25-21-6-2-1-4-18(21)15-28(17-23(29)26-14-19-5-3-11-32-19)24(30)22-8-7-20(33-22)16-27-9-12-31-13-10-27/h1-2,4,6-8,19H,3,5,9-17H2,(H,26,29)/t19-/m1/s1. The Kier molecular flexibility index (Phi) is 8.39. The number of benzene rings is 1. The molecule has 1 N–H and O–H groups in total. The molecule has 0 bridgehead atoms. The summed E-state index contributed by atoms with van der Waals surface area (Å²) in [5.41, 5.74) is 0.763. The summed E-state index contributed by atoms with van der Waals surface area (Å²) in [6.45, 7) is 4.92. The van der Waals surface area contributed by atoms with Crippen LogP contribution in [0.15, 0.2) is 40.8 Å². The highest BCUT2D eigenvalue weighted by Crippen LogP contribution is 2.20. The summed E-state index contributed by atoms with van der Waals surface area (Å²) in [7, 11) is 0. The van der Waals surface area contributed by atoms with Crippen LogP contribution >= 0.6 is 11.6 Å². The largest absolute Gasteiger partial charge is 0.455 e. The van der Waals surface area contributed by atoms with Crippen LogP contribution in [0.3, 0.4) is 0 Å². The quantitative estimate of drug-likeness (QED) is 0.600. The molecular formula is C24H30ClN3O5. The van der Waals surface area contributed by atoms with Crippen molar-refractivity contribution in [3.8, 4) is 0 Å². The van der Waals surface area contributed by atoms with Crippen molar-refractivity contribution in [1.82, 2.24) is 15.1 Å². The summed E-state index contributed by atoms with van der Waals surface area (Å²) in [6.07, 6.45) is 1.97. The zero-order chi connectivity index (χ0) is 23.0. The molecule has 33 heavy (non-hydrogen) atoms. The topological polar surface area (TPSA) is 84.3 Å². The molecule has 0 radical (unpaired) electrons. The predicted molar refractivity (Wildman–Crippen MR) is 123 cm³/mol. The minimum atomic E-state index is -0.351. The molecule has 178 valence electrons. The summed E-state index contributed by atoms with van der Waals surface area (Å²) < 4.78 is 16.8. The van der Waals surface area contributed by atoms with Crippen LogP contribution in [0.4, 0.5) is 0 Å². The number of morpholine rings is 1. The van der Waals surface area contributed by atoms with Gasteiger partial charge in [0.25, 0.3) is 5.91 Å². The average Bonchev–Trinajstić information content (AvgIpc) is 3.51. The number of carbonyl (C=O) groups excluding carboxylic acids is 2. The Hall–Kier alpha value is -2.39. The molecule has 2 amide bonds. The van der Waals surface area contributed by atoms with E-state index in [4.69, 9.17) is 25.5 Å². The molecule has 2 aliphatic heterocycles. The predicted octanol–water partition coefficient (Wildman–Crippen LogP) is 2.70. The highest BCUT2D eigenvalue weighted by atomic mass is 35.5. The maximum Gasteiger partial charge on any atom is 0.290 e. The molecule has 0 aliphatic carbocycles. The van der Waals surface area contributed by atoms with Gasteiger partial charge in [-0.15, -0.1) is 0 Å². The number of halogens is 1. The maximum atomic E-state index is 13.3. The second kappa shape index (κ2) is 11.7. The second-order valence-corrected chi connectivity index (χ2v) is 8.75. The molecule has 1 atom stereocenters. The summed E-state index contributed by atoms with van der Waals surface area (Å²) in [5, 5.41) is 3.43. The van der Waals surface area contributed by atoms with Gasteiger partial charge in [-0.2, -0.15) is 0 Å². The third kappa shape index (κ3) is 6.80. The van der Waals surface area contributed by atoms with Crippen molar-refractivity contribution in [2.24, 2.45) is 0 Å². The lowest BCUT2D eigenvalue weighted by molar-refractivity contribution is -0.122. The first kappa shape index (κ1) is 23.8. The summed E-state index contributed by atoms with van der Waals surface area (Å²) in [6, 6.07) is 10.8. The smallest absolute Gasteiger partial charge is 0.290 e. The Balaban J connectivity index is 1.42. The van der Waals surface area contributed by atoms with Crippen molar-refractivity contribution >= 4 is 23.4 Å². The van der Waals surface area contributed by atoms with E-state index in [1.54, 1.807) is 12.1 Å². The van der Waals surface area contributed by atoms with Gasteiger partial charge in [-0.1, -0.05) is 29.8 Å². The molecule has 4 rings (SSSR count). The summed E-state index contributed by atoms with van der Waals surface area (Å²) in [4.78, 5) is 29.6. The highest BCUT2D eigenvalue weighted by Gasteiger charge is 2.24. The van der Waals surface area contributed by atoms with Crippen LogP contribution in [0.5, 0.6) is 0 Å². The SMILES string of the molecule is O=C(CN(Cc1ccccc1Cl)C(=O)c1ccc(CN2CCOCC2)o1)NC[C@H]1CCCO1. The van der Waals surface area contributed by atoms with Gasteiger partial charge < -0.3 is 24.1 Å². The van der Waals surface area contributed by atoms with Crippen molar-refractivity contribution in [1.29, 1.82) is 0 Å². The van der Waals surface area contributed by atoms with E-state index < -0.39 is 0 Å². The zero-order valence-electron chi connectivity index (χ0n) is 18.6. The Morgan fingerprint density at radius 3 is 2.70 bits per heavy atom. The highest BCUT2D eigenvalue weighted by molar-refractivity contribution is 6.31. The molecule has 2 saturated heterocycles. The number of nitrogens with one attached hydrogen (secondary N) is 1. The van der Waals surface area contributed by atoms with E-state index in [1.807, 2.05) is 24.3 Å². The molecule has 0 saturated carbocycles. The third-order valence-corrected chi connectivity index (χ3v) is 6.22. The van der Waals surface area contributed by atoms with Crippen LogP contribution in [0.2, 0.25) is 5.02 Å². The van der Waals surface area contributed by atoms with Crippen molar-refractivity contribution in [2.45, 2.75) is 32.0 Å². The number of rotatable bonds is 9. The minimum absolute atomic E-state index is 0.0366. The van der Waals surface area contributed by atoms with Crippen LogP contribution in [0.1, 0.15) is 34.7 Å². The molecular weight excluding hydrogens is 446 g/mol. The molecule has 0 unspecified atom stereocenters. The molecule has 2 fully saturated rings. The molecule has 3 heterocycles. The number of carbonyl (C=O) groups is 2. The fourth-order valence-electron chi connectivity index (χ4n) is 4.01. The first-order chi connectivity index (χ1) is 16.1. The van der Waals surface area contributed by atoms with Crippen LogP contribution in [0, 0.1) is 0 Å². The van der Waals surface area contributed by atoms with Crippen molar-refractivity contribution in [3.63, 3.8) is 0 Å². The van der Waals surface area contributed by atoms with Gasteiger partial charge >= 0.3 is 0 Å². The van der Waals surface area contributed by atoms with E-state index in [1.165, 1.54) is 4.90 Å². The lowest BCUT2D eigenvalue weighted by Crippen LogP contribution is -2.42. The Morgan fingerprint density at radius 1 is 1.12 bits per heavy atom. The number of hydrogen-bond acceptors (Lipinski definition) is 6. The van der Waals surface area contributed by atoms with Gasteiger partial charge in [-0.05, 0) is 36.6 Å². The number of nitrogens with zero attached hydrogens (tertiary/aromatic N) is 2. The molecule has 0 spiro atoms. The van der Waals surface area contributed by atoms with Crippen LogP contribution < -0.4 is 5.32 Å². The van der Waals surface area contributed by atoms with E-state index in [2.05, 4.69) is 10.2 Å². The van der Waals surface area contributed by atoms with Gasteiger partial charge in [0.05, 0.1) is 25.9 Å². The fraction of sp³-hybridized carbons (Fsp3) is 0.500. The van der Waals surface area contributed by atoms with Gasteiger partial charge in [0.15, 0.2) is 5.76 Å². The monoisotopic (exact) mass is 475 g/mol. The molecule has 1 aromatic carbocycles. The lowest BCUT2D eigenvalue weighted by atomic mass is 10.2. The van der Waals surface area contributed by atoms with E-state index in [0.717, 1.165) is 38.1 Å². The lowest BCUT2D eigenvalue weighted by Gasteiger charge is -2.25. The number of amides is 2. The van der Waals surface area contributed by atoms with E-state index >= 15 is 0 Å². The van der Waals surface area contributed by atoms with Gasteiger partial charge in [-0.25, -0.2) is 0 Å². The van der Waals surface area contributed by atoms with E-state index in [9.17, 15) is 9.59 Å². The van der Waals surface area contributed by atoms with Crippen molar-refractivity contribution in [2.75, 3.05) is 46.0 Å². The van der Waals surface area contributed by atoms with Crippen LogP contribution in [-0.4, -0.2) is 73.7 Å². The molecule has 2 aliphatic rings. The van der Waals surface area contributed by atoms with Gasteiger partial charge in [0, 0.05) is 37.8 Å². The molecule has 2 aromatic rings. The number of hydrogen-bond donors (Lipinski definition) is 1. The van der Waals surface area contributed by atoms with Gasteiger partial charge in [0.2, 0.25) is 5.91 Å². The minimum Gasteiger partial charge on any atom is -0.455 e. The van der Waals surface area contributed by atoms with Crippen molar-refractivity contribution < 1.29 is 23.5 Å². The Labute approximate surface area is 198 Å². The first-order valence-corrected chi connectivity index (χ1v) is 11.8. The van der Waals surface area contributed by atoms with Crippen LogP contribution in [-0.2, 0) is 27.4 Å². The normalized spacial score (nSPS) is 18.9. The zero-order valence-corrected chi connectivity index (χ0v) is 19.4. The Morgan fingerprint density at radius 2 is 1.94 bits per heavy atom. The second-order valence-electron chi connectivity index (χ2n) is 8.35. The summed E-state index contributed by atoms with van der Waals surface area (Å²) in [5.74, 6) is 0.319. The van der Waals surface area contributed by atoms with Crippen molar-refractivity contribution in [3.05, 3.63) is 58.5 Å². The molecule has 8 nitrogen and oxygen atoms in total. The third-order valence-electron chi connectivity index (χ3n) is 5.85. The first-order valence-electron chi connectivity index (χ1n) is 11.4. The Bertz CT molecular complexity index is 938. The van der Waals surface area contributed by atoms with Gasteiger partial charge in [0.1, 0.15) is 12.3 Å². The van der Waals surface area contributed by atoms with E-state index in [0.29, 0.717) is 37.1 Å². The number of ether oxygens (including phenoxy) is 2. The number of furan rings is 1.